The van der Waals surface area contributed by atoms with Crippen molar-refractivity contribution in [2.75, 3.05) is 17.2 Å². The number of nitrogens with zero attached hydrogens (tertiary/aromatic N) is 1. The van der Waals surface area contributed by atoms with Crippen LogP contribution in [0.4, 0.5) is 16.2 Å². The van der Waals surface area contributed by atoms with Crippen LogP contribution in [0.15, 0.2) is 48.5 Å². The van der Waals surface area contributed by atoms with Gasteiger partial charge in [-0.2, -0.15) is 5.26 Å². The summed E-state index contributed by atoms with van der Waals surface area (Å²) in [5.74, 6) is -0.296. The van der Waals surface area contributed by atoms with E-state index in [1.807, 2.05) is 0 Å². The van der Waals surface area contributed by atoms with Crippen LogP contribution in [-0.2, 0) is 11.2 Å². The number of amides is 2. The first-order chi connectivity index (χ1) is 11.6. The van der Waals surface area contributed by atoms with Crippen LogP contribution >= 0.6 is 0 Å². The van der Waals surface area contributed by atoms with E-state index in [4.69, 9.17) is 10.00 Å². The minimum Gasteiger partial charge on any atom is -0.450 e. The first kappa shape index (κ1) is 17.0. The monoisotopic (exact) mass is 323 g/mol. The molecule has 2 rings (SSSR count). The van der Waals surface area contributed by atoms with Crippen molar-refractivity contribution in [3.63, 3.8) is 0 Å². The fraction of sp³-hybridized carbons (Fsp3) is 0.167. The van der Waals surface area contributed by atoms with E-state index in [1.54, 1.807) is 55.5 Å². The molecule has 0 unspecified atom stereocenters. The summed E-state index contributed by atoms with van der Waals surface area (Å²) in [4.78, 5) is 23.7. The quantitative estimate of drug-likeness (QED) is 0.880. The summed E-state index contributed by atoms with van der Waals surface area (Å²) in [5.41, 5.74) is 2.40. The van der Waals surface area contributed by atoms with Crippen molar-refractivity contribution in [1.29, 1.82) is 5.26 Å². The fourth-order valence-electron chi connectivity index (χ4n) is 2.02. The highest BCUT2D eigenvalue weighted by atomic mass is 16.5. The highest BCUT2D eigenvalue weighted by Crippen LogP contribution is 2.15. The van der Waals surface area contributed by atoms with Crippen LogP contribution in [0.1, 0.15) is 22.8 Å². The van der Waals surface area contributed by atoms with Crippen LogP contribution in [0, 0.1) is 11.3 Å². The molecule has 0 aliphatic heterocycles. The number of nitrogens with one attached hydrogen (secondary N) is 2. The van der Waals surface area contributed by atoms with E-state index in [1.165, 1.54) is 0 Å². The highest BCUT2D eigenvalue weighted by Gasteiger charge is 2.08. The van der Waals surface area contributed by atoms with E-state index in [0.717, 1.165) is 5.56 Å². The van der Waals surface area contributed by atoms with E-state index in [-0.39, 0.29) is 12.5 Å². The molecule has 0 bridgehead atoms. The molecule has 6 nitrogen and oxygen atoms in total. The zero-order chi connectivity index (χ0) is 17.4. The molecule has 0 aromatic heterocycles. The van der Waals surface area contributed by atoms with Gasteiger partial charge in [-0.1, -0.05) is 18.2 Å². The summed E-state index contributed by atoms with van der Waals surface area (Å²) in [6.07, 6.45) is -0.237. The molecule has 0 spiro atoms. The summed E-state index contributed by atoms with van der Waals surface area (Å²) < 4.78 is 4.80. The third kappa shape index (κ3) is 4.85. The van der Waals surface area contributed by atoms with Gasteiger partial charge in [-0.15, -0.1) is 0 Å². The molecular formula is C18H17N3O3. The van der Waals surface area contributed by atoms with Gasteiger partial charge in [-0.3, -0.25) is 10.1 Å². The Morgan fingerprint density at radius 3 is 2.50 bits per heavy atom. The van der Waals surface area contributed by atoms with Gasteiger partial charge < -0.3 is 10.1 Å². The van der Waals surface area contributed by atoms with Gasteiger partial charge in [0, 0.05) is 16.9 Å². The minimum atomic E-state index is -0.567. The molecule has 0 saturated heterocycles. The SMILES string of the molecule is CCOC(=O)Nc1cccc(C(=O)Nc2ccc(CC#N)cc2)c1. The molecule has 0 aliphatic carbocycles. The Morgan fingerprint density at radius 2 is 1.83 bits per heavy atom. The van der Waals surface area contributed by atoms with Crippen molar-refractivity contribution in [1.82, 2.24) is 0 Å². The number of ether oxygens (including phenoxy) is 1. The molecule has 2 amide bonds. The summed E-state index contributed by atoms with van der Waals surface area (Å²) in [6, 6.07) is 15.7. The number of nitriles is 1. The number of anilines is 2. The van der Waals surface area contributed by atoms with Gasteiger partial charge in [-0.05, 0) is 42.8 Å². The number of rotatable bonds is 5. The van der Waals surface area contributed by atoms with Crippen LogP contribution in [-0.4, -0.2) is 18.6 Å². The van der Waals surface area contributed by atoms with Crippen molar-refractivity contribution < 1.29 is 14.3 Å². The number of carbonyl (C=O) groups is 2. The van der Waals surface area contributed by atoms with Crippen molar-refractivity contribution in [3.05, 3.63) is 59.7 Å². The molecule has 0 radical (unpaired) electrons. The molecule has 0 atom stereocenters. The van der Waals surface area contributed by atoms with Gasteiger partial charge in [0.05, 0.1) is 19.1 Å². The largest absolute Gasteiger partial charge is 0.450 e. The standard InChI is InChI=1S/C18H17N3O3/c1-2-24-18(23)21-16-5-3-4-14(12-16)17(22)20-15-8-6-13(7-9-15)10-11-19/h3-9,12H,2,10H2,1H3,(H,20,22)(H,21,23). The maximum Gasteiger partial charge on any atom is 0.411 e. The van der Waals surface area contributed by atoms with E-state index in [0.29, 0.717) is 23.4 Å². The zero-order valence-electron chi connectivity index (χ0n) is 13.2. The first-order valence-corrected chi connectivity index (χ1v) is 7.43. The van der Waals surface area contributed by atoms with E-state index >= 15 is 0 Å². The van der Waals surface area contributed by atoms with Crippen LogP contribution in [0.3, 0.4) is 0 Å². The lowest BCUT2D eigenvalue weighted by Crippen LogP contribution is -2.15. The molecule has 2 N–H and O–H groups in total. The molecule has 0 heterocycles. The third-order valence-electron chi connectivity index (χ3n) is 3.14. The average molecular weight is 323 g/mol. The third-order valence-corrected chi connectivity index (χ3v) is 3.14. The average Bonchev–Trinajstić information content (AvgIpc) is 2.57. The van der Waals surface area contributed by atoms with Gasteiger partial charge in [0.1, 0.15) is 0 Å². The Bertz CT molecular complexity index is 764. The molecule has 2 aromatic carbocycles. The summed E-state index contributed by atoms with van der Waals surface area (Å²) in [7, 11) is 0. The number of hydrogen-bond acceptors (Lipinski definition) is 4. The predicted octanol–water partition coefficient (Wildman–Crippen LogP) is 3.57. The molecule has 122 valence electrons. The lowest BCUT2D eigenvalue weighted by atomic mass is 10.1. The zero-order valence-corrected chi connectivity index (χ0v) is 13.2. The summed E-state index contributed by atoms with van der Waals surface area (Å²) >= 11 is 0. The normalized spacial score (nSPS) is 9.67. The van der Waals surface area contributed by atoms with Crippen LogP contribution in [0.5, 0.6) is 0 Å². The number of benzene rings is 2. The molecule has 2 aromatic rings. The lowest BCUT2D eigenvalue weighted by molar-refractivity contribution is 0.102. The van der Waals surface area contributed by atoms with Gasteiger partial charge >= 0.3 is 6.09 Å². The van der Waals surface area contributed by atoms with E-state index < -0.39 is 6.09 Å². The fourth-order valence-corrected chi connectivity index (χ4v) is 2.02. The molecule has 0 aliphatic rings. The predicted molar refractivity (Wildman–Crippen MR) is 90.8 cm³/mol. The maximum absolute atomic E-state index is 12.3. The Balaban J connectivity index is 2.04. The van der Waals surface area contributed by atoms with Crippen molar-refractivity contribution in [2.45, 2.75) is 13.3 Å². The Hall–Kier alpha value is -3.33. The Labute approximate surface area is 140 Å². The minimum absolute atomic E-state index is 0.272. The molecule has 0 saturated carbocycles. The van der Waals surface area contributed by atoms with Crippen LogP contribution < -0.4 is 10.6 Å². The van der Waals surface area contributed by atoms with E-state index in [2.05, 4.69) is 16.7 Å². The van der Waals surface area contributed by atoms with Crippen molar-refractivity contribution in [2.24, 2.45) is 0 Å². The van der Waals surface area contributed by atoms with Crippen molar-refractivity contribution >= 4 is 23.4 Å². The second-order valence-corrected chi connectivity index (χ2v) is 4.91. The van der Waals surface area contributed by atoms with Gasteiger partial charge in [0.2, 0.25) is 0 Å². The van der Waals surface area contributed by atoms with Gasteiger partial charge in [0.25, 0.3) is 5.91 Å². The van der Waals surface area contributed by atoms with Crippen molar-refractivity contribution in [3.8, 4) is 6.07 Å². The van der Waals surface area contributed by atoms with Crippen LogP contribution in [0.2, 0.25) is 0 Å². The smallest absolute Gasteiger partial charge is 0.411 e. The van der Waals surface area contributed by atoms with Gasteiger partial charge in [0.15, 0.2) is 0 Å². The number of carbonyl (C=O) groups excluding carboxylic acids is 2. The summed E-state index contributed by atoms with van der Waals surface area (Å²) in [5, 5.41) is 14.0. The van der Waals surface area contributed by atoms with E-state index in [9.17, 15) is 9.59 Å². The Morgan fingerprint density at radius 1 is 1.08 bits per heavy atom. The lowest BCUT2D eigenvalue weighted by Gasteiger charge is -2.08. The number of hydrogen-bond donors (Lipinski definition) is 2. The Kier molecular flexibility index (Phi) is 5.92. The summed E-state index contributed by atoms with van der Waals surface area (Å²) in [6.45, 7) is 1.99. The van der Waals surface area contributed by atoms with Crippen LogP contribution in [0.25, 0.3) is 0 Å². The second-order valence-electron chi connectivity index (χ2n) is 4.91. The molecular weight excluding hydrogens is 306 g/mol. The molecule has 0 fully saturated rings. The first-order valence-electron chi connectivity index (χ1n) is 7.43. The second kappa shape index (κ2) is 8.34. The molecule has 6 heteroatoms. The van der Waals surface area contributed by atoms with Gasteiger partial charge in [-0.25, -0.2) is 4.79 Å². The topological polar surface area (TPSA) is 91.2 Å². The highest BCUT2D eigenvalue weighted by molar-refractivity contribution is 6.05. The maximum atomic E-state index is 12.3. The molecule has 24 heavy (non-hydrogen) atoms.